The van der Waals surface area contributed by atoms with Gasteiger partial charge in [-0.3, -0.25) is 14.6 Å². The van der Waals surface area contributed by atoms with Crippen molar-refractivity contribution in [1.82, 2.24) is 9.80 Å². The average Bonchev–Trinajstić information content (AvgIpc) is 2.19. The smallest absolute Gasteiger partial charge is 0.307 e. The van der Waals surface area contributed by atoms with Gasteiger partial charge in [-0.15, -0.1) is 0 Å². The molecule has 0 spiro atoms. The van der Waals surface area contributed by atoms with Crippen LogP contribution in [0.4, 0.5) is 0 Å². The summed E-state index contributed by atoms with van der Waals surface area (Å²) in [5.41, 5.74) is 0. The van der Waals surface area contributed by atoms with Crippen molar-refractivity contribution in [2.45, 2.75) is 19.4 Å². The zero-order valence-corrected chi connectivity index (χ0v) is 8.74. The van der Waals surface area contributed by atoms with Crippen molar-refractivity contribution in [3.63, 3.8) is 0 Å². The molecule has 3 aliphatic rings. The van der Waals surface area contributed by atoms with E-state index in [0.29, 0.717) is 19.1 Å². The fraction of sp³-hybridized carbons (Fsp3) is 0.900. The molecule has 3 saturated heterocycles. The number of hydrogen-bond acceptors (Lipinski definition) is 4. The predicted octanol–water partition coefficient (Wildman–Crippen LogP) is -0.0606. The lowest BCUT2D eigenvalue weighted by molar-refractivity contribution is -0.146. The van der Waals surface area contributed by atoms with E-state index in [1.54, 1.807) is 0 Å². The summed E-state index contributed by atoms with van der Waals surface area (Å²) in [5, 5.41) is 0. The first-order chi connectivity index (χ1) is 6.79. The van der Waals surface area contributed by atoms with Gasteiger partial charge >= 0.3 is 5.97 Å². The zero-order chi connectivity index (χ0) is 9.97. The van der Waals surface area contributed by atoms with Gasteiger partial charge in [0.1, 0.15) is 0 Å². The van der Waals surface area contributed by atoms with Crippen LogP contribution in [0.25, 0.3) is 0 Å². The van der Waals surface area contributed by atoms with Gasteiger partial charge < -0.3 is 4.74 Å². The third-order valence-corrected chi connectivity index (χ3v) is 3.10. The molecule has 3 heterocycles. The molecule has 0 aromatic heterocycles. The van der Waals surface area contributed by atoms with Gasteiger partial charge in [0.2, 0.25) is 0 Å². The molecule has 0 aliphatic carbocycles. The predicted molar refractivity (Wildman–Crippen MR) is 53.1 cm³/mol. The van der Waals surface area contributed by atoms with E-state index < -0.39 is 0 Å². The molecule has 0 radical (unpaired) electrons. The summed E-state index contributed by atoms with van der Waals surface area (Å²) in [6.45, 7) is 7.95. The molecule has 80 valence electrons. The molecule has 0 amide bonds. The highest BCUT2D eigenvalue weighted by Crippen LogP contribution is 2.18. The third kappa shape index (κ3) is 2.07. The topological polar surface area (TPSA) is 32.8 Å². The molecule has 3 aliphatic heterocycles. The molecule has 14 heavy (non-hydrogen) atoms. The van der Waals surface area contributed by atoms with E-state index in [-0.39, 0.29) is 5.97 Å². The fourth-order valence-electron chi connectivity index (χ4n) is 2.33. The highest BCUT2D eigenvalue weighted by Gasteiger charge is 2.33. The summed E-state index contributed by atoms with van der Waals surface area (Å²) in [6, 6.07) is 0.400. The Labute approximate surface area is 84.8 Å². The van der Waals surface area contributed by atoms with E-state index in [2.05, 4.69) is 9.80 Å². The molecule has 4 nitrogen and oxygen atoms in total. The molecule has 1 atom stereocenters. The molecule has 1 unspecified atom stereocenters. The second kappa shape index (κ2) is 4.28. The first kappa shape index (κ1) is 9.93. The number of fused-ring (bicyclic) bond motifs is 3. The average molecular weight is 198 g/mol. The van der Waals surface area contributed by atoms with Crippen molar-refractivity contribution in [2.75, 3.05) is 39.3 Å². The van der Waals surface area contributed by atoms with Crippen LogP contribution in [0.1, 0.15) is 13.3 Å². The summed E-state index contributed by atoms with van der Waals surface area (Å²) in [4.78, 5) is 16.2. The first-order valence-corrected chi connectivity index (χ1v) is 5.41. The van der Waals surface area contributed by atoms with Gasteiger partial charge in [0, 0.05) is 38.8 Å². The molecule has 3 fully saturated rings. The molecule has 4 heteroatoms. The number of carbonyl (C=O) groups excluding carboxylic acids is 1. The number of rotatable bonds is 3. The van der Waals surface area contributed by atoms with Crippen molar-refractivity contribution < 1.29 is 9.53 Å². The molecule has 0 N–H and O–H groups in total. The maximum Gasteiger partial charge on any atom is 0.307 e. The van der Waals surface area contributed by atoms with E-state index in [0.717, 1.165) is 19.6 Å². The molecule has 0 aromatic rings. The SMILES string of the molecule is CCOC(=O)CC1CN2CCN1CC2. The quantitative estimate of drug-likeness (QED) is 0.595. The summed E-state index contributed by atoms with van der Waals surface area (Å²) in [5.74, 6) is -0.0498. The molecule has 3 rings (SSSR count). The molecule has 0 aromatic carbocycles. The number of esters is 1. The number of hydrogen-bond donors (Lipinski definition) is 0. The Hall–Kier alpha value is -0.610. The highest BCUT2D eigenvalue weighted by molar-refractivity contribution is 5.70. The van der Waals surface area contributed by atoms with Crippen LogP contribution < -0.4 is 0 Å². The van der Waals surface area contributed by atoms with Crippen molar-refractivity contribution >= 4 is 5.97 Å². The minimum atomic E-state index is -0.0498. The van der Waals surface area contributed by atoms with Crippen LogP contribution in [0.2, 0.25) is 0 Å². The van der Waals surface area contributed by atoms with Crippen molar-refractivity contribution in [3.05, 3.63) is 0 Å². The standard InChI is InChI=1S/C10H18N2O2/c1-2-14-10(13)7-9-8-11-3-5-12(9)6-4-11/h9H,2-8H2,1H3. The minimum Gasteiger partial charge on any atom is -0.466 e. The van der Waals surface area contributed by atoms with E-state index in [1.165, 1.54) is 13.1 Å². The van der Waals surface area contributed by atoms with Gasteiger partial charge in [-0.05, 0) is 6.92 Å². The second-order valence-corrected chi connectivity index (χ2v) is 4.00. The van der Waals surface area contributed by atoms with E-state index in [9.17, 15) is 4.79 Å². The highest BCUT2D eigenvalue weighted by atomic mass is 16.5. The van der Waals surface area contributed by atoms with Gasteiger partial charge in [0.05, 0.1) is 13.0 Å². The molecular formula is C10H18N2O2. The van der Waals surface area contributed by atoms with Gasteiger partial charge in [0.25, 0.3) is 0 Å². The van der Waals surface area contributed by atoms with Crippen LogP contribution in [0.15, 0.2) is 0 Å². The largest absolute Gasteiger partial charge is 0.466 e. The van der Waals surface area contributed by atoms with Crippen molar-refractivity contribution in [2.24, 2.45) is 0 Å². The minimum absolute atomic E-state index is 0.0498. The van der Waals surface area contributed by atoms with Crippen molar-refractivity contribution in [3.8, 4) is 0 Å². The van der Waals surface area contributed by atoms with Gasteiger partial charge in [-0.1, -0.05) is 0 Å². The Morgan fingerprint density at radius 1 is 1.36 bits per heavy atom. The summed E-state index contributed by atoms with van der Waals surface area (Å²) < 4.78 is 4.97. The zero-order valence-electron chi connectivity index (χ0n) is 8.74. The van der Waals surface area contributed by atoms with Gasteiger partial charge in [-0.2, -0.15) is 0 Å². The Morgan fingerprint density at radius 2 is 2.07 bits per heavy atom. The molecule has 0 saturated carbocycles. The Balaban J connectivity index is 1.83. The second-order valence-electron chi connectivity index (χ2n) is 4.00. The summed E-state index contributed by atoms with van der Waals surface area (Å²) in [6.07, 6.45) is 0.560. The summed E-state index contributed by atoms with van der Waals surface area (Å²) >= 11 is 0. The van der Waals surface area contributed by atoms with Gasteiger partial charge in [0.15, 0.2) is 0 Å². The molecular weight excluding hydrogens is 180 g/mol. The number of ether oxygens (including phenoxy) is 1. The lowest BCUT2D eigenvalue weighted by Gasteiger charge is -2.47. The Kier molecular flexibility index (Phi) is 3.03. The Morgan fingerprint density at radius 3 is 2.57 bits per heavy atom. The third-order valence-electron chi connectivity index (χ3n) is 3.10. The lowest BCUT2D eigenvalue weighted by atomic mass is 10.1. The first-order valence-electron chi connectivity index (χ1n) is 5.41. The maximum atomic E-state index is 11.3. The van der Waals surface area contributed by atoms with E-state index in [1.807, 2.05) is 6.92 Å². The van der Waals surface area contributed by atoms with Crippen LogP contribution >= 0.6 is 0 Å². The van der Waals surface area contributed by atoms with Crippen LogP contribution in [-0.4, -0.2) is 61.1 Å². The van der Waals surface area contributed by atoms with Crippen molar-refractivity contribution in [1.29, 1.82) is 0 Å². The van der Waals surface area contributed by atoms with E-state index >= 15 is 0 Å². The van der Waals surface area contributed by atoms with Crippen LogP contribution in [0, 0.1) is 0 Å². The van der Waals surface area contributed by atoms with Gasteiger partial charge in [-0.25, -0.2) is 0 Å². The van der Waals surface area contributed by atoms with Crippen LogP contribution in [0.5, 0.6) is 0 Å². The number of piperazine rings is 3. The lowest BCUT2D eigenvalue weighted by Crippen LogP contribution is -2.61. The van der Waals surface area contributed by atoms with Crippen LogP contribution in [-0.2, 0) is 9.53 Å². The maximum absolute atomic E-state index is 11.3. The molecule has 2 bridgehead atoms. The van der Waals surface area contributed by atoms with E-state index in [4.69, 9.17) is 4.74 Å². The normalized spacial score (nSPS) is 35.6. The monoisotopic (exact) mass is 198 g/mol. The number of carbonyl (C=O) groups is 1. The number of nitrogens with zero attached hydrogens (tertiary/aromatic N) is 2. The fourth-order valence-corrected chi connectivity index (χ4v) is 2.33. The Bertz CT molecular complexity index is 212. The summed E-state index contributed by atoms with van der Waals surface area (Å²) in [7, 11) is 0. The van der Waals surface area contributed by atoms with Crippen LogP contribution in [0.3, 0.4) is 0 Å².